The summed E-state index contributed by atoms with van der Waals surface area (Å²) < 4.78 is 0. The topological polar surface area (TPSA) is 74.6 Å². The van der Waals surface area contributed by atoms with Gasteiger partial charge in [0.1, 0.15) is 0 Å². The van der Waals surface area contributed by atoms with Crippen molar-refractivity contribution in [1.82, 2.24) is 0 Å². The van der Waals surface area contributed by atoms with Crippen LogP contribution in [0.4, 0.5) is 0 Å². The van der Waals surface area contributed by atoms with Crippen molar-refractivity contribution in [2.45, 2.75) is 52.4 Å². The molecule has 1 aromatic carbocycles. The van der Waals surface area contributed by atoms with Gasteiger partial charge in [-0.05, 0) is 43.0 Å². The summed E-state index contributed by atoms with van der Waals surface area (Å²) in [6.07, 6.45) is 5.74. The van der Waals surface area contributed by atoms with Gasteiger partial charge in [0.05, 0.1) is 11.1 Å². The molecule has 0 saturated carbocycles. The minimum atomic E-state index is -1.06. The minimum Gasteiger partial charge on any atom is -0.478 e. The Balaban J connectivity index is 2.95. The second-order valence-electron chi connectivity index (χ2n) is 5.11. The number of carboxylic acid groups (broad SMARTS) is 2. The molecule has 1 aromatic rings. The molecule has 0 aromatic heterocycles. The van der Waals surface area contributed by atoms with Gasteiger partial charge in [0.2, 0.25) is 0 Å². The SMILES string of the molecule is CCCCCCCc1c(C(=O)O)cc(C)cc1C(=O)O. The number of aryl methyl sites for hydroxylation is 1. The van der Waals surface area contributed by atoms with Crippen LogP contribution in [0, 0.1) is 6.92 Å². The maximum Gasteiger partial charge on any atom is 0.335 e. The van der Waals surface area contributed by atoms with Crippen molar-refractivity contribution in [1.29, 1.82) is 0 Å². The third kappa shape index (κ3) is 4.37. The van der Waals surface area contributed by atoms with Crippen LogP contribution in [0.3, 0.4) is 0 Å². The molecule has 0 unspecified atom stereocenters. The van der Waals surface area contributed by atoms with E-state index in [-0.39, 0.29) is 11.1 Å². The Morgan fingerprint density at radius 2 is 1.45 bits per heavy atom. The van der Waals surface area contributed by atoms with Crippen LogP contribution in [-0.4, -0.2) is 22.2 Å². The van der Waals surface area contributed by atoms with E-state index in [0.29, 0.717) is 17.5 Å². The number of carboxylic acids is 2. The summed E-state index contributed by atoms with van der Waals surface area (Å²) in [4.78, 5) is 22.6. The molecule has 4 heteroatoms. The monoisotopic (exact) mass is 278 g/mol. The highest BCUT2D eigenvalue weighted by atomic mass is 16.4. The second-order valence-corrected chi connectivity index (χ2v) is 5.11. The van der Waals surface area contributed by atoms with Crippen molar-refractivity contribution in [3.8, 4) is 0 Å². The van der Waals surface area contributed by atoms with Crippen molar-refractivity contribution in [3.05, 3.63) is 34.4 Å². The summed E-state index contributed by atoms with van der Waals surface area (Å²) in [5, 5.41) is 18.5. The number of rotatable bonds is 8. The Hall–Kier alpha value is -1.84. The smallest absolute Gasteiger partial charge is 0.335 e. The van der Waals surface area contributed by atoms with E-state index >= 15 is 0 Å². The summed E-state index contributed by atoms with van der Waals surface area (Å²) in [7, 11) is 0. The maximum absolute atomic E-state index is 11.3. The van der Waals surface area contributed by atoms with Crippen LogP contribution in [0.1, 0.15) is 70.9 Å². The fourth-order valence-corrected chi connectivity index (χ4v) is 2.37. The molecular formula is C16H22O4. The van der Waals surface area contributed by atoms with Crippen molar-refractivity contribution in [2.75, 3.05) is 0 Å². The van der Waals surface area contributed by atoms with Gasteiger partial charge in [-0.15, -0.1) is 0 Å². The number of hydrogen-bond donors (Lipinski definition) is 2. The van der Waals surface area contributed by atoms with Gasteiger partial charge in [0.25, 0.3) is 0 Å². The predicted octanol–water partition coefficient (Wildman–Crippen LogP) is 3.90. The lowest BCUT2D eigenvalue weighted by Gasteiger charge is -2.11. The molecular weight excluding hydrogens is 256 g/mol. The van der Waals surface area contributed by atoms with Crippen molar-refractivity contribution in [2.24, 2.45) is 0 Å². The molecule has 4 nitrogen and oxygen atoms in total. The molecule has 0 aliphatic carbocycles. The van der Waals surface area contributed by atoms with Gasteiger partial charge in [-0.3, -0.25) is 0 Å². The summed E-state index contributed by atoms with van der Waals surface area (Å²) in [5.74, 6) is -2.11. The summed E-state index contributed by atoms with van der Waals surface area (Å²) in [6, 6.07) is 3.10. The summed E-state index contributed by atoms with van der Waals surface area (Å²) >= 11 is 0. The quantitative estimate of drug-likeness (QED) is 0.707. The molecule has 1 rings (SSSR count). The fraction of sp³-hybridized carbons (Fsp3) is 0.500. The molecule has 0 saturated heterocycles. The normalized spacial score (nSPS) is 10.5. The maximum atomic E-state index is 11.3. The Kier molecular flexibility index (Phi) is 6.22. The molecule has 0 aliphatic heterocycles. The Bertz CT molecular complexity index is 456. The van der Waals surface area contributed by atoms with Gasteiger partial charge in [-0.25, -0.2) is 9.59 Å². The number of hydrogen-bond acceptors (Lipinski definition) is 2. The fourth-order valence-electron chi connectivity index (χ4n) is 2.37. The largest absolute Gasteiger partial charge is 0.478 e. The first-order chi connectivity index (χ1) is 9.47. The van der Waals surface area contributed by atoms with Crippen LogP contribution in [0.15, 0.2) is 12.1 Å². The molecule has 0 heterocycles. The van der Waals surface area contributed by atoms with Gasteiger partial charge in [0, 0.05) is 0 Å². The van der Waals surface area contributed by atoms with E-state index in [1.807, 2.05) is 0 Å². The summed E-state index contributed by atoms with van der Waals surface area (Å²) in [5.41, 5.74) is 1.36. The number of aromatic carboxylic acids is 2. The zero-order valence-corrected chi connectivity index (χ0v) is 12.1. The minimum absolute atomic E-state index is 0.123. The third-order valence-electron chi connectivity index (χ3n) is 3.39. The number of carbonyl (C=O) groups is 2. The predicted molar refractivity (Wildman–Crippen MR) is 77.6 cm³/mol. The molecule has 20 heavy (non-hydrogen) atoms. The van der Waals surface area contributed by atoms with E-state index in [1.165, 1.54) is 0 Å². The van der Waals surface area contributed by atoms with Gasteiger partial charge in [0.15, 0.2) is 0 Å². The second kappa shape index (κ2) is 7.68. The molecule has 0 atom stereocenters. The standard InChI is InChI=1S/C16H22O4/c1-3-4-5-6-7-8-12-13(15(17)18)9-11(2)10-14(12)16(19)20/h9-10H,3-8H2,1-2H3,(H,17,18)(H,19,20). The van der Waals surface area contributed by atoms with E-state index in [9.17, 15) is 19.8 Å². The summed E-state index contributed by atoms with van der Waals surface area (Å²) in [6.45, 7) is 3.84. The van der Waals surface area contributed by atoms with Gasteiger partial charge in [-0.1, -0.05) is 32.6 Å². The van der Waals surface area contributed by atoms with Gasteiger partial charge < -0.3 is 10.2 Å². The van der Waals surface area contributed by atoms with Crippen LogP contribution in [-0.2, 0) is 6.42 Å². The zero-order chi connectivity index (χ0) is 15.1. The van der Waals surface area contributed by atoms with Crippen LogP contribution in [0.2, 0.25) is 0 Å². The Morgan fingerprint density at radius 3 is 1.90 bits per heavy atom. The molecule has 2 N–H and O–H groups in total. The van der Waals surface area contributed by atoms with E-state index < -0.39 is 11.9 Å². The molecule has 0 amide bonds. The lowest BCUT2D eigenvalue weighted by Crippen LogP contribution is -2.11. The van der Waals surface area contributed by atoms with Gasteiger partial charge in [-0.2, -0.15) is 0 Å². The number of benzene rings is 1. The molecule has 0 bridgehead atoms. The van der Waals surface area contributed by atoms with Gasteiger partial charge >= 0.3 is 11.9 Å². The van der Waals surface area contributed by atoms with Crippen molar-refractivity contribution < 1.29 is 19.8 Å². The number of unbranched alkanes of at least 4 members (excludes halogenated alkanes) is 4. The van der Waals surface area contributed by atoms with Crippen molar-refractivity contribution >= 4 is 11.9 Å². The first-order valence-electron chi connectivity index (χ1n) is 7.07. The van der Waals surface area contributed by atoms with E-state index in [4.69, 9.17) is 0 Å². The molecule has 0 radical (unpaired) electrons. The highest BCUT2D eigenvalue weighted by Crippen LogP contribution is 2.21. The van der Waals surface area contributed by atoms with E-state index in [0.717, 1.165) is 32.1 Å². The van der Waals surface area contributed by atoms with Crippen molar-refractivity contribution in [3.63, 3.8) is 0 Å². The molecule has 0 spiro atoms. The molecule has 0 fully saturated rings. The Morgan fingerprint density at radius 1 is 0.950 bits per heavy atom. The lowest BCUT2D eigenvalue weighted by molar-refractivity contribution is 0.0695. The molecule has 110 valence electrons. The zero-order valence-electron chi connectivity index (χ0n) is 12.1. The van der Waals surface area contributed by atoms with E-state index in [2.05, 4.69) is 6.92 Å². The third-order valence-corrected chi connectivity index (χ3v) is 3.39. The molecule has 0 aliphatic rings. The average molecular weight is 278 g/mol. The highest BCUT2D eigenvalue weighted by molar-refractivity contribution is 5.97. The van der Waals surface area contributed by atoms with Crippen LogP contribution in [0.25, 0.3) is 0 Å². The van der Waals surface area contributed by atoms with E-state index in [1.54, 1.807) is 19.1 Å². The average Bonchev–Trinajstić information content (AvgIpc) is 2.38. The van der Waals surface area contributed by atoms with Crippen LogP contribution >= 0.6 is 0 Å². The highest BCUT2D eigenvalue weighted by Gasteiger charge is 2.18. The first kappa shape index (κ1) is 16.2. The lowest BCUT2D eigenvalue weighted by atomic mass is 9.93. The van der Waals surface area contributed by atoms with Crippen LogP contribution < -0.4 is 0 Å². The Labute approximate surface area is 119 Å². The van der Waals surface area contributed by atoms with Crippen LogP contribution in [0.5, 0.6) is 0 Å². The first-order valence-corrected chi connectivity index (χ1v) is 7.07.